The molecule has 0 spiro atoms. The fourth-order valence-electron chi connectivity index (χ4n) is 2.35. The summed E-state index contributed by atoms with van der Waals surface area (Å²) in [5, 5.41) is 0. The normalized spacial score (nSPS) is 10.8. The van der Waals surface area contributed by atoms with Gasteiger partial charge in [-0.05, 0) is 42.8 Å². The minimum absolute atomic E-state index is 0.771. The van der Waals surface area contributed by atoms with E-state index in [2.05, 4.69) is 52.1 Å². The van der Waals surface area contributed by atoms with E-state index >= 15 is 0 Å². The molecule has 0 aliphatic heterocycles. The molecule has 0 N–H and O–H groups in total. The molecule has 118 valence electrons. The third kappa shape index (κ3) is 4.49. The smallest absolute Gasteiger partial charge is 0.160 e. The lowest BCUT2D eigenvalue weighted by atomic mass is 10.1. The first-order valence-corrected chi connectivity index (χ1v) is 8.06. The van der Waals surface area contributed by atoms with Crippen molar-refractivity contribution in [3.63, 3.8) is 0 Å². The number of hydrogen-bond acceptors (Lipinski definition) is 3. The van der Waals surface area contributed by atoms with E-state index < -0.39 is 0 Å². The number of methoxy groups -OCH3 is 2. The fraction of sp³-hybridized carbons (Fsp3) is 0.333. The Morgan fingerprint density at radius 1 is 1.00 bits per heavy atom. The average molecular weight is 364 g/mol. The molecule has 0 aliphatic carbocycles. The maximum atomic E-state index is 5.35. The average Bonchev–Trinajstić information content (AvgIpc) is 2.54. The predicted molar refractivity (Wildman–Crippen MR) is 93.7 cm³/mol. The highest BCUT2D eigenvalue weighted by atomic mass is 79.9. The maximum Gasteiger partial charge on any atom is 0.160 e. The van der Waals surface area contributed by atoms with Crippen LogP contribution >= 0.6 is 15.9 Å². The molecule has 0 atom stereocenters. The summed E-state index contributed by atoms with van der Waals surface area (Å²) < 4.78 is 11.8. The molecule has 2 rings (SSSR count). The molecule has 0 amide bonds. The molecule has 0 saturated heterocycles. The molecular weight excluding hydrogens is 342 g/mol. The van der Waals surface area contributed by atoms with Crippen LogP contribution in [0.25, 0.3) is 0 Å². The molecule has 0 unspecified atom stereocenters. The highest BCUT2D eigenvalue weighted by molar-refractivity contribution is 9.10. The first-order chi connectivity index (χ1) is 10.6. The summed E-state index contributed by atoms with van der Waals surface area (Å²) >= 11 is 3.60. The second-order valence-electron chi connectivity index (χ2n) is 5.27. The number of benzene rings is 2. The number of likely N-dealkylation sites (N-methyl/N-ethyl adjacent to an activating group) is 1. The van der Waals surface area contributed by atoms with Crippen molar-refractivity contribution in [3.8, 4) is 11.5 Å². The van der Waals surface area contributed by atoms with Gasteiger partial charge in [-0.15, -0.1) is 0 Å². The lowest BCUT2D eigenvalue weighted by Gasteiger charge is -2.18. The van der Waals surface area contributed by atoms with Gasteiger partial charge in [-0.3, -0.25) is 0 Å². The summed E-state index contributed by atoms with van der Waals surface area (Å²) in [6.07, 6.45) is 0.974. The second-order valence-corrected chi connectivity index (χ2v) is 6.12. The SMILES string of the molecule is COc1ccc(CCN(C)Cc2ccccc2Br)cc1OC. The van der Waals surface area contributed by atoms with Gasteiger partial charge in [0.15, 0.2) is 11.5 Å². The minimum Gasteiger partial charge on any atom is -0.493 e. The van der Waals surface area contributed by atoms with Gasteiger partial charge in [0, 0.05) is 17.6 Å². The van der Waals surface area contributed by atoms with Crippen molar-refractivity contribution in [1.29, 1.82) is 0 Å². The van der Waals surface area contributed by atoms with E-state index in [-0.39, 0.29) is 0 Å². The van der Waals surface area contributed by atoms with Crippen molar-refractivity contribution in [3.05, 3.63) is 58.1 Å². The Labute approximate surface area is 141 Å². The Kier molecular flexibility index (Phi) is 6.28. The number of ether oxygens (including phenoxy) is 2. The molecule has 0 radical (unpaired) electrons. The molecule has 0 heterocycles. The molecular formula is C18H22BrNO2. The summed E-state index contributed by atoms with van der Waals surface area (Å²) in [5.74, 6) is 1.56. The largest absolute Gasteiger partial charge is 0.493 e. The van der Waals surface area contributed by atoms with Gasteiger partial charge in [0.05, 0.1) is 14.2 Å². The Morgan fingerprint density at radius 2 is 1.73 bits per heavy atom. The fourth-order valence-corrected chi connectivity index (χ4v) is 2.76. The van der Waals surface area contributed by atoms with Gasteiger partial charge in [-0.2, -0.15) is 0 Å². The molecule has 0 aromatic heterocycles. The zero-order valence-corrected chi connectivity index (χ0v) is 14.9. The van der Waals surface area contributed by atoms with Gasteiger partial charge >= 0.3 is 0 Å². The lowest BCUT2D eigenvalue weighted by molar-refractivity contribution is 0.329. The molecule has 2 aromatic rings. The van der Waals surface area contributed by atoms with E-state index in [9.17, 15) is 0 Å². The quantitative estimate of drug-likeness (QED) is 0.737. The van der Waals surface area contributed by atoms with E-state index in [1.54, 1.807) is 14.2 Å². The summed E-state index contributed by atoms with van der Waals surface area (Å²) in [7, 11) is 5.46. The Bertz CT molecular complexity index is 616. The maximum absolute atomic E-state index is 5.35. The van der Waals surface area contributed by atoms with Crippen molar-refractivity contribution in [2.24, 2.45) is 0 Å². The third-order valence-electron chi connectivity index (χ3n) is 3.63. The first kappa shape index (κ1) is 16.8. The zero-order chi connectivity index (χ0) is 15.9. The van der Waals surface area contributed by atoms with E-state index in [0.717, 1.165) is 35.5 Å². The molecule has 0 bridgehead atoms. The van der Waals surface area contributed by atoms with Crippen molar-refractivity contribution < 1.29 is 9.47 Å². The minimum atomic E-state index is 0.771. The molecule has 0 fully saturated rings. The van der Waals surface area contributed by atoms with Crippen molar-refractivity contribution in [2.75, 3.05) is 27.8 Å². The number of hydrogen-bond donors (Lipinski definition) is 0. The standard InChI is InChI=1S/C18H22BrNO2/c1-20(13-15-6-4-5-7-16(15)19)11-10-14-8-9-17(21-2)18(12-14)22-3/h4-9,12H,10-11,13H2,1-3H3. The van der Waals surface area contributed by atoms with Gasteiger partial charge in [0.25, 0.3) is 0 Å². The van der Waals surface area contributed by atoms with Crippen LogP contribution in [0.1, 0.15) is 11.1 Å². The highest BCUT2D eigenvalue weighted by Crippen LogP contribution is 2.27. The van der Waals surface area contributed by atoms with E-state index in [1.807, 2.05) is 18.2 Å². The molecule has 0 saturated carbocycles. The van der Waals surface area contributed by atoms with Crippen LogP contribution in [0.2, 0.25) is 0 Å². The first-order valence-electron chi connectivity index (χ1n) is 7.27. The topological polar surface area (TPSA) is 21.7 Å². The van der Waals surface area contributed by atoms with Crippen LogP contribution in [-0.2, 0) is 13.0 Å². The van der Waals surface area contributed by atoms with Crippen molar-refractivity contribution >= 4 is 15.9 Å². The molecule has 22 heavy (non-hydrogen) atoms. The third-order valence-corrected chi connectivity index (χ3v) is 4.40. The number of rotatable bonds is 7. The van der Waals surface area contributed by atoms with Gasteiger partial charge in [-0.25, -0.2) is 0 Å². The zero-order valence-electron chi connectivity index (χ0n) is 13.3. The van der Waals surface area contributed by atoms with Crippen LogP contribution in [-0.4, -0.2) is 32.7 Å². The van der Waals surface area contributed by atoms with E-state index in [0.29, 0.717) is 0 Å². The van der Waals surface area contributed by atoms with Crippen molar-refractivity contribution in [1.82, 2.24) is 4.90 Å². The van der Waals surface area contributed by atoms with Crippen LogP contribution < -0.4 is 9.47 Å². The molecule has 4 heteroatoms. The Morgan fingerprint density at radius 3 is 2.41 bits per heavy atom. The van der Waals surface area contributed by atoms with Crippen LogP contribution in [0.5, 0.6) is 11.5 Å². The molecule has 2 aromatic carbocycles. The van der Waals surface area contributed by atoms with E-state index in [1.165, 1.54) is 11.1 Å². The van der Waals surface area contributed by atoms with Crippen LogP contribution in [0.3, 0.4) is 0 Å². The van der Waals surface area contributed by atoms with Crippen LogP contribution in [0.15, 0.2) is 46.9 Å². The Hall–Kier alpha value is -1.52. The summed E-state index contributed by atoms with van der Waals surface area (Å²) in [6, 6.07) is 14.4. The van der Waals surface area contributed by atoms with Crippen LogP contribution in [0, 0.1) is 0 Å². The van der Waals surface area contributed by atoms with Crippen LogP contribution in [0.4, 0.5) is 0 Å². The predicted octanol–water partition coefficient (Wildman–Crippen LogP) is 4.14. The van der Waals surface area contributed by atoms with Gasteiger partial charge in [0.2, 0.25) is 0 Å². The van der Waals surface area contributed by atoms with Crippen molar-refractivity contribution in [2.45, 2.75) is 13.0 Å². The highest BCUT2D eigenvalue weighted by Gasteiger charge is 2.07. The summed E-state index contributed by atoms with van der Waals surface area (Å²) in [4.78, 5) is 2.32. The number of halogens is 1. The van der Waals surface area contributed by atoms with Gasteiger partial charge in [-0.1, -0.05) is 40.2 Å². The molecule has 3 nitrogen and oxygen atoms in total. The number of nitrogens with zero attached hydrogens (tertiary/aromatic N) is 1. The van der Waals surface area contributed by atoms with Gasteiger partial charge in [0.1, 0.15) is 0 Å². The van der Waals surface area contributed by atoms with E-state index in [4.69, 9.17) is 9.47 Å². The summed E-state index contributed by atoms with van der Waals surface area (Å²) in [6.45, 7) is 1.91. The second kappa shape index (κ2) is 8.20. The lowest BCUT2D eigenvalue weighted by Crippen LogP contribution is -2.21. The van der Waals surface area contributed by atoms with Gasteiger partial charge < -0.3 is 14.4 Å². The summed E-state index contributed by atoms with van der Waals surface area (Å²) in [5.41, 5.74) is 2.55. The molecule has 0 aliphatic rings. The monoisotopic (exact) mass is 363 g/mol. The Balaban J connectivity index is 1.93.